The summed E-state index contributed by atoms with van der Waals surface area (Å²) in [4.78, 5) is 4.20. The fourth-order valence-electron chi connectivity index (χ4n) is 1.78. The molecule has 0 atom stereocenters. The number of hydrogen-bond donors (Lipinski definition) is 4. The summed E-state index contributed by atoms with van der Waals surface area (Å²) < 4.78 is 0. The van der Waals surface area contributed by atoms with Crippen molar-refractivity contribution in [3.63, 3.8) is 0 Å². The molecule has 1 aromatic heterocycles. The molecule has 0 fully saturated rings. The van der Waals surface area contributed by atoms with E-state index >= 15 is 0 Å². The van der Waals surface area contributed by atoms with Gasteiger partial charge in [-0.2, -0.15) is 0 Å². The maximum atomic E-state index is 9.33. The molecule has 0 unspecified atom stereocenters. The van der Waals surface area contributed by atoms with Crippen LogP contribution in [0, 0.1) is 0 Å². The van der Waals surface area contributed by atoms with E-state index in [1.165, 1.54) is 0 Å². The van der Waals surface area contributed by atoms with Gasteiger partial charge in [-0.1, -0.05) is 11.6 Å². The number of pyridine rings is 1. The number of benzene rings is 1. The first-order chi connectivity index (χ1) is 9.14. The molecule has 0 radical (unpaired) electrons. The van der Waals surface area contributed by atoms with Crippen LogP contribution in [-0.2, 0) is 0 Å². The van der Waals surface area contributed by atoms with Crippen LogP contribution in [0.25, 0.3) is 10.9 Å². The molecule has 0 amide bonds. The first-order valence-corrected chi connectivity index (χ1v) is 6.17. The van der Waals surface area contributed by atoms with Gasteiger partial charge >= 0.3 is 0 Å². The van der Waals surface area contributed by atoms with Crippen LogP contribution in [0.5, 0.6) is 0 Å². The van der Waals surface area contributed by atoms with Gasteiger partial charge in [0.2, 0.25) is 0 Å². The Morgan fingerprint density at radius 2 is 1.79 bits per heavy atom. The molecule has 5 nitrogen and oxygen atoms in total. The van der Waals surface area contributed by atoms with Crippen molar-refractivity contribution in [3.05, 3.63) is 35.5 Å². The summed E-state index contributed by atoms with van der Waals surface area (Å²) in [6.07, 6.45) is 1.60. The van der Waals surface area contributed by atoms with Crippen molar-refractivity contribution in [2.24, 2.45) is 0 Å². The topological polar surface area (TPSA) is 85.6 Å². The van der Waals surface area contributed by atoms with Gasteiger partial charge in [-0.25, -0.2) is 0 Å². The van der Waals surface area contributed by atoms with Crippen molar-refractivity contribution in [3.8, 4) is 0 Å². The minimum absolute atomic E-state index is 0.391. The Morgan fingerprint density at radius 3 is 2.42 bits per heavy atom. The number of nitrogens with zero attached hydrogens (tertiary/aromatic N) is 1. The molecule has 1 aromatic carbocycles. The van der Waals surface area contributed by atoms with E-state index in [0.717, 1.165) is 5.39 Å². The summed E-state index contributed by atoms with van der Waals surface area (Å²) in [6, 6.07) is 6.96. The number of aromatic nitrogens is 1. The molecule has 0 aliphatic rings. The Hall–Kier alpha value is -1.40. The third-order valence-electron chi connectivity index (χ3n) is 3.01. The van der Waals surface area contributed by atoms with Crippen molar-refractivity contribution in [2.45, 2.75) is 5.54 Å². The maximum Gasteiger partial charge on any atom is 0.107 e. The van der Waals surface area contributed by atoms with E-state index in [4.69, 9.17) is 11.6 Å². The van der Waals surface area contributed by atoms with Gasteiger partial charge < -0.3 is 20.6 Å². The zero-order valence-electron chi connectivity index (χ0n) is 10.2. The van der Waals surface area contributed by atoms with Gasteiger partial charge in [-0.15, -0.1) is 0 Å². The summed E-state index contributed by atoms with van der Waals surface area (Å²) >= 11 is 5.91. The average molecular weight is 283 g/mol. The van der Waals surface area contributed by atoms with Gasteiger partial charge in [0.15, 0.2) is 0 Å². The minimum Gasteiger partial charge on any atom is -0.394 e. The first kappa shape index (κ1) is 14.0. The van der Waals surface area contributed by atoms with Gasteiger partial charge in [0.1, 0.15) is 5.54 Å². The van der Waals surface area contributed by atoms with Crippen molar-refractivity contribution < 1.29 is 15.3 Å². The molecule has 102 valence electrons. The van der Waals surface area contributed by atoms with E-state index in [1.807, 2.05) is 0 Å². The predicted octanol–water partition coefficient (Wildman–Crippen LogP) is 1.02. The number of halogens is 1. The fourth-order valence-corrected chi connectivity index (χ4v) is 1.95. The number of nitrogens with one attached hydrogen (secondary N) is 1. The summed E-state index contributed by atoms with van der Waals surface area (Å²) in [5.74, 6) is 0. The molecule has 2 rings (SSSR count). The second-order valence-corrected chi connectivity index (χ2v) is 4.84. The standard InChI is InChI=1S/C13H15ClN2O3/c14-9-1-2-10-11(3-4-15-12(10)5-9)16-13(6-17,7-18)8-19/h1-5,17-19H,6-8H2,(H,15,16). The van der Waals surface area contributed by atoms with Gasteiger partial charge in [0, 0.05) is 22.3 Å². The zero-order chi connectivity index (χ0) is 13.9. The highest BCUT2D eigenvalue weighted by Crippen LogP contribution is 2.26. The normalized spacial score (nSPS) is 11.8. The third-order valence-corrected chi connectivity index (χ3v) is 3.25. The molecule has 0 aliphatic heterocycles. The van der Waals surface area contributed by atoms with Crippen LogP contribution in [0.3, 0.4) is 0 Å². The van der Waals surface area contributed by atoms with Gasteiger partial charge in [0.05, 0.1) is 25.3 Å². The second-order valence-electron chi connectivity index (χ2n) is 4.40. The molecular weight excluding hydrogens is 268 g/mol. The van der Waals surface area contributed by atoms with Crippen molar-refractivity contribution >= 4 is 28.2 Å². The molecule has 4 N–H and O–H groups in total. The molecule has 1 heterocycles. The first-order valence-electron chi connectivity index (χ1n) is 5.79. The molecule has 2 aromatic rings. The number of aliphatic hydroxyl groups is 3. The Labute approximate surface area is 115 Å². The van der Waals surface area contributed by atoms with Crippen LogP contribution in [0.4, 0.5) is 5.69 Å². The van der Waals surface area contributed by atoms with E-state index in [0.29, 0.717) is 16.2 Å². The van der Waals surface area contributed by atoms with Gasteiger partial charge in [-0.3, -0.25) is 4.98 Å². The Morgan fingerprint density at radius 1 is 1.11 bits per heavy atom. The van der Waals surface area contributed by atoms with Crippen LogP contribution in [0.1, 0.15) is 0 Å². The Balaban J connectivity index is 2.45. The van der Waals surface area contributed by atoms with E-state index in [9.17, 15) is 15.3 Å². The molecule has 0 bridgehead atoms. The lowest BCUT2D eigenvalue weighted by Crippen LogP contribution is -2.49. The molecule has 0 aliphatic carbocycles. The molecule has 0 spiro atoms. The van der Waals surface area contributed by atoms with E-state index in [2.05, 4.69) is 10.3 Å². The van der Waals surface area contributed by atoms with E-state index < -0.39 is 25.4 Å². The lowest BCUT2D eigenvalue weighted by atomic mass is 10.0. The smallest absolute Gasteiger partial charge is 0.107 e. The van der Waals surface area contributed by atoms with E-state index in [-0.39, 0.29) is 0 Å². The lowest BCUT2D eigenvalue weighted by Gasteiger charge is -2.30. The quantitative estimate of drug-likeness (QED) is 0.658. The van der Waals surface area contributed by atoms with Crippen LogP contribution >= 0.6 is 11.6 Å². The number of fused-ring (bicyclic) bond motifs is 1. The zero-order valence-corrected chi connectivity index (χ0v) is 10.9. The second kappa shape index (κ2) is 5.71. The summed E-state index contributed by atoms with van der Waals surface area (Å²) in [5, 5.41) is 32.4. The van der Waals surface area contributed by atoms with Crippen molar-refractivity contribution in [2.75, 3.05) is 25.1 Å². The average Bonchev–Trinajstić information content (AvgIpc) is 2.44. The fraction of sp³-hybridized carbons (Fsp3) is 0.308. The number of hydrogen-bond acceptors (Lipinski definition) is 5. The van der Waals surface area contributed by atoms with Crippen LogP contribution < -0.4 is 5.32 Å². The number of aliphatic hydroxyl groups excluding tert-OH is 3. The highest BCUT2D eigenvalue weighted by Gasteiger charge is 2.28. The number of rotatable bonds is 5. The third kappa shape index (κ3) is 2.79. The van der Waals surface area contributed by atoms with Crippen LogP contribution in [-0.4, -0.2) is 45.7 Å². The molecule has 19 heavy (non-hydrogen) atoms. The molecular formula is C13H15ClN2O3. The molecule has 0 saturated carbocycles. The summed E-state index contributed by atoms with van der Waals surface area (Å²) in [6.45, 7) is -1.17. The van der Waals surface area contributed by atoms with Crippen LogP contribution in [0.15, 0.2) is 30.5 Å². The molecule has 6 heteroatoms. The van der Waals surface area contributed by atoms with Crippen molar-refractivity contribution in [1.29, 1.82) is 0 Å². The highest BCUT2D eigenvalue weighted by molar-refractivity contribution is 6.31. The molecule has 0 saturated heterocycles. The Kier molecular flexibility index (Phi) is 4.21. The monoisotopic (exact) mass is 282 g/mol. The van der Waals surface area contributed by atoms with Gasteiger partial charge in [-0.05, 0) is 24.3 Å². The maximum absolute atomic E-state index is 9.33. The summed E-state index contributed by atoms with van der Waals surface area (Å²) in [5.41, 5.74) is 0.188. The van der Waals surface area contributed by atoms with E-state index in [1.54, 1.807) is 30.5 Å². The summed E-state index contributed by atoms with van der Waals surface area (Å²) in [7, 11) is 0. The number of anilines is 1. The lowest BCUT2D eigenvalue weighted by molar-refractivity contribution is 0.0834. The minimum atomic E-state index is -1.17. The van der Waals surface area contributed by atoms with Crippen LogP contribution in [0.2, 0.25) is 5.02 Å². The largest absolute Gasteiger partial charge is 0.394 e. The highest BCUT2D eigenvalue weighted by atomic mass is 35.5. The predicted molar refractivity (Wildman–Crippen MR) is 74.4 cm³/mol. The van der Waals surface area contributed by atoms with Gasteiger partial charge in [0.25, 0.3) is 0 Å². The van der Waals surface area contributed by atoms with Crippen molar-refractivity contribution in [1.82, 2.24) is 4.98 Å². The Bertz CT molecular complexity index is 565. The SMILES string of the molecule is OCC(CO)(CO)Nc1ccnc2cc(Cl)ccc12.